The second kappa shape index (κ2) is 22.2. The first kappa shape index (κ1) is 45.2. The Labute approximate surface area is 309 Å². The number of esters is 3. The highest BCUT2D eigenvalue weighted by Crippen LogP contribution is 2.20. The van der Waals surface area contributed by atoms with Crippen LogP contribution < -0.4 is 10.6 Å². The quantitative estimate of drug-likeness (QED) is 0.0996. The van der Waals surface area contributed by atoms with Gasteiger partial charge >= 0.3 is 36.1 Å². The van der Waals surface area contributed by atoms with Gasteiger partial charge in [-0.15, -0.1) is 0 Å². The molecule has 0 aliphatic carbocycles. The summed E-state index contributed by atoms with van der Waals surface area (Å²) in [5.74, 6) is -3.49. The van der Waals surface area contributed by atoms with E-state index in [2.05, 4.69) is 10.6 Å². The van der Waals surface area contributed by atoms with Crippen LogP contribution in [0.4, 0.5) is 9.59 Å². The number of nitrogens with one attached hydrogen (secondary N) is 2. The minimum atomic E-state index is -1.20. The Morgan fingerprint density at radius 1 is 0.615 bits per heavy atom. The Balaban J connectivity index is 0.000000522. The molecule has 52 heavy (non-hydrogen) atoms. The maximum atomic E-state index is 12.4. The van der Waals surface area contributed by atoms with Crippen LogP contribution in [0.25, 0.3) is 0 Å². The molecular formula is C37H51ClN2O12. The number of rotatable bonds is 17. The topological polar surface area (TPSA) is 193 Å². The Morgan fingerprint density at radius 3 is 1.31 bits per heavy atom. The number of ether oxygens (including phenoxy) is 5. The third kappa shape index (κ3) is 16.9. The molecule has 0 aliphatic heterocycles. The van der Waals surface area contributed by atoms with Gasteiger partial charge in [-0.05, 0) is 50.7 Å². The van der Waals surface area contributed by atoms with Gasteiger partial charge in [0.2, 0.25) is 0 Å². The van der Waals surface area contributed by atoms with Crippen molar-refractivity contribution in [2.45, 2.75) is 80.7 Å². The van der Waals surface area contributed by atoms with Crippen LogP contribution in [0.1, 0.15) is 66.5 Å². The molecule has 15 heteroatoms. The highest BCUT2D eigenvalue weighted by molar-refractivity contribution is 6.17. The minimum Gasteiger partial charge on any atom is -0.481 e. The number of hydrogen-bond acceptors (Lipinski definition) is 11. The number of amides is 2. The Bertz CT molecular complexity index is 1450. The van der Waals surface area contributed by atoms with Crippen LogP contribution in [-0.4, -0.2) is 72.5 Å². The fourth-order valence-corrected chi connectivity index (χ4v) is 3.93. The van der Waals surface area contributed by atoms with E-state index < -0.39 is 59.0 Å². The van der Waals surface area contributed by atoms with E-state index in [9.17, 15) is 28.8 Å². The zero-order chi connectivity index (χ0) is 39.5. The number of hydrogen-bond donors (Lipinski definition) is 3. The van der Waals surface area contributed by atoms with Gasteiger partial charge in [-0.1, -0.05) is 100.0 Å². The smallest absolute Gasteiger partial charge is 0.408 e. The molecule has 2 aromatic rings. The van der Waals surface area contributed by atoms with Crippen LogP contribution in [0.2, 0.25) is 0 Å². The summed E-state index contributed by atoms with van der Waals surface area (Å²) in [7, 11) is 0. The Morgan fingerprint density at radius 2 is 0.981 bits per heavy atom. The minimum absolute atomic E-state index is 0.0819. The van der Waals surface area contributed by atoms with Gasteiger partial charge in [0.25, 0.3) is 0 Å². The molecule has 0 saturated heterocycles. The summed E-state index contributed by atoms with van der Waals surface area (Å²) in [6.45, 7) is 12.7. The lowest BCUT2D eigenvalue weighted by molar-refractivity contribution is -0.162. The number of carbonyl (C=O) groups excluding carboxylic acids is 5. The molecule has 0 radical (unpaired) electrons. The lowest BCUT2D eigenvalue weighted by atomic mass is 9.95. The van der Waals surface area contributed by atoms with Gasteiger partial charge in [0.05, 0.1) is 10.8 Å². The number of alkyl carbamates (subject to hydrolysis) is 2. The molecule has 2 amide bonds. The SMILES string of the molecule is CC(C)[C@H](NC(=O)OCc1ccccc1)C(=O)OCC(C)(C)C(=O)O.CC(C)[C@H](NC(=O)OCc1ccccc1)C(=O)OCC(C)(C)C(=O)OCCl. The number of alkyl halides is 1. The van der Waals surface area contributed by atoms with Crippen LogP contribution >= 0.6 is 11.6 Å². The molecule has 0 aromatic heterocycles. The van der Waals surface area contributed by atoms with Gasteiger partial charge in [0.15, 0.2) is 6.07 Å². The zero-order valence-electron chi connectivity index (χ0n) is 30.9. The molecule has 2 atom stereocenters. The lowest BCUT2D eigenvalue weighted by Gasteiger charge is -2.25. The summed E-state index contributed by atoms with van der Waals surface area (Å²) in [5.41, 5.74) is -0.606. The molecule has 0 saturated carbocycles. The highest BCUT2D eigenvalue weighted by Gasteiger charge is 2.34. The van der Waals surface area contributed by atoms with E-state index in [1.54, 1.807) is 41.5 Å². The first-order valence-electron chi connectivity index (χ1n) is 16.5. The maximum absolute atomic E-state index is 12.4. The average molecular weight is 751 g/mol. The first-order chi connectivity index (χ1) is 24.3. The standard InChI is InChI=1S/C19H26ClNO6.C18H25NO6/c1-13(2)15(16(22)26-11-19(3,4)17(23)27-12-20)21-18(24)25-10-14-8-6-5-7-9-14;1-12(2)14(15(20)25-11-18(3,4)16(21)22)19-17(23)24-10-13-8-6-5-7-9-13/h5-9,13,15H,10-12H2,1-4H3,(H,21,24);5-9,12,14H,10-11H2,1-4H3,(H,19,23)(H,21,22)/t15-;14-/m00/s1. The number of benzene rings is 2. The van der Waals surface area contributed by atoms with Gasteiger partial charge < -0.3 is 39.4 Å². The van der Waals surface area contributed by atoms with Crippen LogP contribution in [0.5, 0.6) is 0 Å². The van der Waals surface area contributed by atoms with Gasteiger partial charge in [-0.2, -0.15) is 0 Å². The molecule has 2 rings (SSSR count). The molecule has 0 fully saturated rings. The lowest BCUT2D eigenvalue weighted by Crippen LogP contribution is -2.46. The van der Waals surface area contributed by atoms with Gasteiger partial charge in [-0.3, -0.25) is 9.59 Å². The highest BCUT2D eigenvalue weighted by atomic mass is 35.5. The fourth-order valence-electron chi connectivity index (χ4n) is 3.83. The van der Waals surface area contributed by atoms with Crippen LogP contribution in [0.3, 0.4) is 0 Å². The van der Waals surface area contributed by atoms with Crippen LogP contribution in [0, 0.1) is 22.7 Å². The van der Waals surface area contributed by atoms with E-state index in [0.717, 1.165) is 11.1 Å². The Hall–Kier alpha value is -4.85. The summed E-state index contributed by atoms with van der Waals surface area (Å²) < 4.78 is 25.2. The number of halogens is 1. The van der Waals surface area contributed by atoms with Gasteiger partial charge in [0, 0.05) is 0 Å². The average Bonchev–Trinajstić information content (AvgIpc) is 3.10. The molecule has 288 valence electrons. The molecule has 0 bridgehead atoms. The molecule has 0 heterocycles. The molecular weight excluding hydrogens is 700 g/mol. The predicted molar refractivity (Wildman–Crippen MR) is 191 cm³/mol. The van der Waals surface area contributed by atoms with E-state index in [4.69, 9.17) is 40.4 Å². The summed E-state index contributed by atoms with van der Waals surface area (Å²) >= 11 is 5.38. The number of carboxylic acid groups (broad SMARTS) is 1. The van der Waals surface area contributed by atoms with E-state index in [1.807, 2.05) is 60.7 Å². The monoisotopic (exact) mass is 750 g/mol. The van der Waals surface area contributed by atoms with Crippen molar-refractivity contribution in [1.29, 1.82) is 0 Å². The van der Waals surface area contributed by atoms with E-state index in [1.165, 1.54) is 13.8 Å². The normalized spacial score (nSPS) is 12.3. The molecule has 14 nitrogen and oxygen atoms in total. The van der Waals surface area contributed by atoms with Crippen molar-refractivity contribution in [3.05, 3.63) is 71.8 Å². The van der Waals surface area contributed by atoms with Crippen molar-refractivity contribution >= 4 is 47.7 Å². The number of aliphatic carboxylic acids is 1. The Kier molecular flexibility index (Phi) is 19.3. The summed E-state index contributed by atoms with van der Waals surface area (Å²) in [6, 6.07) is 16.2. The molecule has 0 unspecified atom stereocenters. The first-order valence-corrected chi connectivity index (χ1v) is 17.1. The van der Waals surface area contributed by atoms with Crippen molar-refractivity contribution in [3.63, 3.8) is 0 Å². The van der Waals surface area contributed by atoms with Crippen molar-refractivity contribution in [2.24, 2.45) is 22.7 Å². The van der Waals surface area contributed by atoms with Gasteiger partial charge in [-0.25, -0.2) is 19.2 Å². The summed E-state index contributed by atoms with van der Waals surface area (Å²) in [6.07, 6.45) is -1.47. The van der Waals surface area contributed by atoms with Crippen molar-refractivity contribution in [2.75, 3.05) is 19.3 Å². The second-order valence-electron chi connectivity index (χ2n) is 13.7. The van der Waals surface area contributed by atoms with Crippen molar-refractivity contribution in [3.8, 4) is 0 Å². The second-order valence-corrected chi connectivity index (χ2v) is 13.9. The predicted octanol–water partition coefficient (Wildman–Crippen LogP) is 5.84. The van der Waals surface area contributed by atoms with Crippen molar-refractivity contribution < 1.29 is 57.6 Å². The largest absolute Gasteiger partial charge is 0.481 e. The van der Waals surface area contributed by atoms with E-state index >= 15 is 0 Å². The summed E-state index contributed by atoms with van der Waals surface area (Å²) in [4.78, 5) is 71.3. The molecule has 0 aliphatic rings. The molecule has 2 aromatic carbocycles. The fraction of sp³-hybridized carbons (Fsp3) is 0.514. The van der Waals surface area contributed by atoms with Crippen molar-refractivity contribution in [1.82, 2.24) is 10.6 Å². The summed E-state index contributed by atoms with van der Waals surface area (Å²) in [5, 5.41) is 14.0. The van der Waals surface area contributed by atoms with E-state index in [0.29, 0.717) is 0 Å². The third-order valence-corrected chi connectivity index (χ3v) is 7.39. The third-order valence-electron chi connectivity index (χ3n) is 7.28. The molecule has 3 N–H and O–H groups in total. The maximum Gasteiger partial charge on any atom is 0.408 e. The number of carboxylic acids is 1. The van der Waals surface area contributed by atoms with Crippen LogP contribution in [-0.2, 0) is 56.1 Å². The van der Waals surface area contributed by atoms with E-state index in [-0.39, 0.29) is 44.3 Å². The molecule has 0 spiro atoms. The van der Waals surface area contributed by atoms with Crippen LogP contribution in [0.15, 0.2) is 60.7 Å². The van der Waals surface area contributed by atoms with Gasteiger partial charge in [0.1, 0.15) is 38.5 Å². The zero-order valence-corrected chi connectivity index (χ0v) is 31.7. The number of carbonyl (C=O) groups is 6.